The molecular weight excluding hydrogens is 842 g/mol. The van der Waals surface area contributed by atoms with Gasteiger partial charge in [-0.15, -0.1) is 0 Å². The van der Waals surface area contributed by atoms with Crippen molar-refractivity contribution in [3.63, 3.8) is 0 Å². The maximum atomic E-state index is 6.86. The van der Waals surface area contributed by atoms with Crippen LogP contribution >= 0.6 is 0 Å². The minimum atomic E-state index is -0.0466. The van der Waals surface area contributed by atoms with Crippen LogP contribution in [0.4, 0.5) is 17.1 Å². The zero-order valence-electron chi connectivity index (χ0n) is 41.3. The van der Waals surface area contributed by atoms with Gasteiger partial charge in [-0.05, 0) is 116 Å². The van der Waals surface area contributed by atoms with Crippen molar-refractivity contribution in [3.05, 3.63) is 222 Å². The Kier molecular flexibility index (Phi) is 10.6. The van der Waals surface area contributed by atoms with E-state index in [0.717, 1.165) is 50.8 Å². The Bertz CT molecular complexity index is 3400. The molecule has 0 atom stereocenters. The van der Waals surface area contributed by atoms with E-state index in [2.05, 4.69) is 264 Å². The third kappa shape index (κ3) is 8.04. The first kappa shape index (κ1) is 44.0. The number of hydrogen-bond acceptors (Lipinski definition) is 5. The molecule has 0 radical (unpaired) electrons. The first-order valence-electron chi connectivity index (χ1n) is 24.3. The summed E-state index contributed by atoms with van der Waals surface area (Å²) in [4.78, 5) is 12.3. The van der Waals surface area contributed by atoms with E-state index in [1.165, 1.54) is 49.9 Å². The molecule has 0 unspecified atom stereocenters. The number of hydrogen-bond donors (Lipinski definition) is 0. The van der Waals surface area contributed by atoms with E-state index in [-0.39, 0.29) is 23.1 Å². The highest BCUT2D eigenvalue weighted by Gasteiger charge is 2.40. The summed E-state index contributed by atoms with van der Waals surface area (Å²) in [6, 6.07) is 55.0. The number of ether oxygens (including phenoxy) is 1. The summed E-state index contributed by atoms with van der Waals surface area (Å²) in [6.07, 6.45) is 10.8. The second-order valence-electron chi connectivity index (χ2n) is 21.9. The molecule has 3 aliphatic rings. The van der Waals surface area contributed by atoms with E-state index in [0.29, 0.717) is 6.67 Å². The van der Waals surface area contributed by atoms with Crippen LogP contribution in [0, 0.1) is 0 Å². The Morgan fingerprint density at radius 1 is 0.536 bits per heavy atom. The van der Waals surface area contributed by atoms with Crippen LogP contribution in [0.25, 0.3) is 38.7 Å². The van der Waals surface area contributed by atoms with Crippen molar-refractivity contribution in [1.82, 2.24) is 14.4 Å². The Morgan fingerprint density at radius 2 is 1.20 bits per heavy atom. The standard InChI is InChI=1S/C62H60BN5O/c1-60(2,3)44-30-32-64-57(37-44)68-53-25-14-13-24-50(53)51-29-28-49(39-56(51)68)69-48-23-19-22-47(38-48)66-41-67(55-27-16-15-26-54(55)66)59-52(42-20-11-10-12-21-42)40-65-33-18-17-31-63(65)58(59)43-34-45(61(4,5)6)36-46(35-43)62(7,8)9/h10-40H,41H2,1-9H3. The van der Waals surface area contributed by atoms with Crippen molar-refractivity contribution >= 4 is 56.8 Å². The predicted octanol–water partition coefficient (Wildman–Crippen LogP) is 15.7. The van der Waals surface area contributed by atoms with Crippen molar-refractivity contribution in [3.8, 4) is 17.3 Å². The van der Waals surface area contributed by atoms with Gasteiger partial charge in [0, 0.05) is 52.3 Å². The highest BCUT2D eigenvalue weighted by molar-refractivity contribution is 6.82. The van der Waals surface area contributed by atoms with E-state index in [4.69, 9.17) is 9.72 Å². The quantitative estimate of drug-likeness (QED) is 0.149. The topological polar surface area (TPSA) is 36.8 Å². The van der Waals surface area contributed by atoms with Crippen molar-refractivity contribution in [1.29, 1.82) is 0 Å². The summed E-state index contributed by atoms with van der Waals surface area (Å²) in [6.45, 7) is 21.3. The number of pyridine rings is 1. The van der Waals surface area contributed by atoms with Gasteiger partial charge in [-0.25, -0.2) is 4.98 Å². The van der Waals surface area contributed by atoms with Gasteiger partial charge < -0.3 is 19.3 Å². The van der Waals surface area contributed by atoms with E-state index in [9.17, 15) is 0 Å². The minimum Gasteiger partial charge on any atom is -0.457 e. The Labute approximate surface area is 408 Å². The lowest BCUT2D eigenvalue weighted by molar-refractivity contribution is 0.483. The van der Waals surface area contributed by atoms with Gasteiger partial charge in [0.1, 0.15) is 24.0 Å². The Balaban J connectivity index is 1.02. The smallest absolute Gasteiger partial charge is 0.322 e. The predicted molar refractivity (Wildman–Crippen MR) is 291 cm³/mol. The van der Waals surface area contributed by atoms with Crippen LogP contribution in [0.3, 0.4) is 0 Å². The molecule has 0 saturated carbocycles. The molecule has 3 aliphatic heterocycles. The van der Waals surface area contributed by atoms with Crippen LogP contribution in [0.1, 0.15) is 90.1 Å². The fourth-order valence-electron chi connectivity index (χ4n) is 10.2. The van der Waals surface area contributed by atoms with Gasteiger partial charge in [-0.1, -0.05) is 159 Å². The summed E-state index contributed by atoms with van der Waals surface area (Å²) < 4.78 is 9.13. The molecule has 2 aromatic heterocycles. The summed E-state index contributed by atoms with van der Waals surface area (Å²) >= 11 is 0. The van der Waals surface area contributed by atoms with Gasteiger partial charge >= 0.3 is 6.85 Å². The van der Waals surface area contributed by atoms with Crippen LogP contribution in [0.5, 0.6) is 11.5 Å². The minimum absolute atomic E-state index is 0.00677. The maximum absolute atomic E-state index is 6.86. The first-order chi connectivity index (χ1) is 33.1. The number of rotatable bonds is 7. The second-order valence-corrected chi connectivity index (χ2v) is 21.9. The summed E-state index contributed by atoms with van der Waals surface area (Å²) in [5.41, 5.74) is 15.4. The van der Waals surface area contributed by atoms with Crippen molar-refractivity contribution < 1.29 is 4.74 Å². The average Bonchev–Trinajstić information content (AvgIpc) is 3.89. The molecule has 11 rings (SSSR count). The molecule has 0 spiro atoms. The number of aromatic nitrogens is 2. The molecule has 0 aliphatic carbocycles. The zero-order valence-corrected chi connectivity index (χ0v) is 41.3. The number of allylic oxidation sites excluding steroid dienone is 3. The monoisotopic (exact) mass is 901 g/mol. The van der Waals surface area contributed by atoms with Gasteiger partial charge in [0.05, 0.1) is 22.4 Å². The highest BCUT2D eigenvalue weighted by atomic mass is 16.5. The molecule has 6 nitrogen and oxygen atoms in total. The van der Waals surface area contributed by atoms with E-state index in [1.807, 2.05) is 6.20 Å². The molecule has 8 aromatic rings. The van der Waals surface area contributed by atoms with Crippen molar-refractivity contribution in [2.45, 2.75) is 78.6 Å². The highest BCUT2D eigenvalue weighted by Crippen LogP contribution is 2.50. The van der Waals surface area contributed by atoms with Crippen LogP contribution in [-0.2, 0) is 16.2 Å². The van der Waals surface area contributed by atoms with Crippen molar-refractivity contribution in [2.24, 2.45) is 0 Å². The molecular formula is C62H60BN5O. The summed E-state index contributed by atoms with van der Waals surface area (Å²) in [7, 11) is 0. The third-order valence-electron chi connectivity index (χ3n) is 14.0. The molecule has 0 saturated heterocycles. The maximum Gasteiger partial charge on any atom is 0.322 e. The lowest BCUT2D eigenvalue weighted by atomic mass is 9.48. The average molecular weight is 902 g/mol. The van der Waals surface area contributed by atoms with Gasteiger partial charge in [-0.2, -0.15) is 0 Å². The molecule has 0 bridgehead atoms. The molecule has 5 heterocycles. The lowest BCUT2D eigenvalue weighted by Crippen LogP contribution is -2.40. The molecule has 0 amide bonds. The lowest BCUT2D eigenvalue weighted by Gasteiger charge is -2.39. The van der Waals surface area contributed by atoms with Crippen LogP contribution in [-0.4, -0.2) is 27.9 Å². The molecule has 6 aromatic carbocycles. The van der Waals surface area contributed by atoms with Crippen molar-refractivity contribution in [2.75, 3.05) is 16.5 Å². The molecule has 0 fully saturated rings. The number of para-hydroxylation sites is 3. The SMILES string of the molecule is CC(C)(C)c1cc(C2=C(N3CN(c4cccc(Oc5ccc6c7ccccc7n(-c7cc(C(C)(C)C)ccn7)c6c5)c4)c4ccccc43)C(c3ccccc3)=CN3C=CC=CB23)cc(C(C)(C)C)c1. The van der Waals surface area contributed by atoms with Gasteiger partial charge in [0.2, 0.25) is 0 Å². The Morgan fingerprint density at radius 3 is 1.94 bits per heavy atom. The number of nitrogens with zero attached hydrogens (tertiary/aromatic N) is 5. The molecule has 0 N–H and O–H groups in total. The number of benzene rings is 6. The fourth-order valence-corrected chi connectivity index (χ4v) is 10.2. The number of anilines is 3. The molecule has 7 heteroatoms. The van der Waals surface area contributed by atoms with Gasteiger partial charge in [0.15, 0.2) is 0 Å². The van der Waals surface area contributed by atoms with E-state index in [1.54, 1.807) is 0 Å². The first-order valence-corrected chi connectivity index (χ1v) is 24.3. The largest absolute Gasteiger partial charge is 0.457 e. The summed E-state index contributed by atoms with van der Waals surface area (Å²) in [5.74, 6) is 4.78. The number of fused-ring (bicyclic) bond motifs is 5. The van der Waals surface area contributed by atoms with Crippen LogP contribution in [0.15, 0.2) is 194 Å². The fraction of sp³-hybridized carbons (Fsp3) is 0.210. The zero-order chi connectivity index (χ0) is 47.8. The molecule has 69 heavy (non-hydrogen) atoms. The van der Waals surface area contributed by atoms with Crippen LogP contribution < -0.4 is 14.5 Å². The van der Waals surface area contributed by atoms with Crippen LogP contribution in [0.2, 0.25) is 0 Å². The normalized spacial score (nSPS) is 15.1. The molecule has 342 valence electrons. The Hall–Kier alpha value is -7.51. The van der Waals surface area contributed by atoms with E-state index >= 15 is 0 Å². The second kappa shape index (κ2) is 16.6. The van der Waals surface area contributed by atoms with Gasteiger partial charge in [-0.3, -0.25) is 4.57 Å². The third-order valence-corrected chi connectivity index (χ3v) is 14.0. The van der Waals surface area contributed by atoms with Gasteiger partial charge in [0.25, 0.3) is 0 Å². The van der Waals surface area contributed by atoms with E-state index < -0.39 is 0 Å². The summed E-state index contributed by atoms with van der Waals surface area (Å²) in [5, 5.41) is 2.34.